The molecule has 0 aliphatic heterocycles. The molecule has 1 fully saturated rings. The molecule has 0 bridgehead atoms. The number of amides is 1. The molecule has 0 saturated heterocycles. The third kappa shape index (κ3) is 2.73. The van der Waals surface area contributed by atoms with Crippen molar-refractivity contribution < 1.29 is 4.79 Å². The summed E-state index contributed by atoms with van der Waals surface area (Å²) in [6.45, 7) is 0.326. The van der Waals surface area contributed by atoms with E-state index in [2.05, 4.69) is 27.2 Å². The zero-order valence-corrected chi connectivity index (χ0v) is 9.19. The highest BCUT2D eigenvalue weighted by Crippen LogP contribution is 2.35. The largest absolute Gasteiger partial charge is 0.344 e. The molecule has 0 unspecified atom stereocenters. The van der Waals surface area contributed by atoms with Gasteiger partial charge in [-0.15, -0.1) is 6.42 Å². The standard InChI is InChI=1S/C10H14BrNO/c1-2-8-12-9(13)10(11)6-4-3-5-7-10/h1H,3-8H2,(H,12,13). The molecule has 1 aliphatic carbocycles. The molecular formula is C10H14BrNO. The SMILES string of the molecule is C#CCNC(=O)C1(Br)CCCCC1. The third-order valence-corrected chi connectivity index (χ3v) is 3.56. The van der Waals surface area contributed by atoms with Gasteiger partial charge in [-0.25, -0.2) is 0 Å². The summed E-state index contributed by atoms with van der Waals surface area (Å²) in [7, 11) is 0. The first-order chi connectivity index (χ1) is 6.19. The Labute approximate surface area is 87.6 Å². The van der Waals surface area contributed by atoms with Crippen LogP contribution in [0.1, 0.15) is 32.1 Å². The lowest BCUT2D eigenvalue weighted by Gasteiger charge is -2.29. The molecule has 2 nitrogen and oxygen atoms in total. The summed E-state index contributed by atoms with van der Waals surface area (Å²) in [5, 5.41) is 2.72. The lowest BCUT2D eigenvalue weighted by Crippen LogP contribution is -2.43. The molecule has 1 rings (SSSR count). The molecule has 0 heterocycles. The Bertz CT molecular complexity index is 226. The minimum Gasteiger partial charge on any atom is -0.344 e. The predicted octanol–water partition coefficient (Wildman–Crippen LogP) is 1.83. The van der Waals surface area contributed by atoms with Crippen LogP contribution in [0.15, 0.2) is 0 Å². The van der Waals surface area contributed by atoms with Gasteiger partial charge in [0.05, 0.1) is 6.54 Å². The minimum absolute atomic E-state index is 0.0464. The summed E-state index contributed by atoms with van der Waals surface area (Å²) < 4.78 is -0.345. The quantitative estimate of drug-likeness (QED) is 0.582. The Morgan fingerprint density at radius 1 is 1.46 bits per heavy atom. The van der Waals surface area contributed by atoms with Crippen LogP contribution < -0.4 is 5.32 Å². The molecule has 1 aliphatic rings. The third-order valence-electron chi connectivity index (χ3n) is 2.40. The molecule has 0 spiro atoms. The fraction of sp³-hybridized carbons (Fsp3) is 0.700. The van der Waals surface area contributed by atoms with E-state index in [1.165, 1.54) is 6.42 Å². The Morgan fingerprint density at radius 2 is 2.08 bits per heavy atom. The molecule has 3 heteroatoms. The van der Waals surface area contributed by atoms with Crippen LogP contribution >= 0.6 is 15.9 Å². The second kappa shape index (κ2) is 4.66. The summed E-state index contributed by atoms with van der Waals surface area (Å²) in [6.07, 6.45) is 10.4. The second-order valence-corrected chi connectivity index (χ2v) is 4.93. The van der Waals surface area contributed by atoms with Crippen molar-refractivity contribution >= 4 is 21.8 Å². The molecule has 13 heavy (non-hydrogen) atoms. The predicted molar refractivity (Wildman–Crippen MR) is 56.6 cm³/mol. The number of hydrogen-bond acceptors (Lipinski definition) is 1. The van der Waals surface area contributed by atoms with Gasteiger partial charge in [0.15, 0.2) is 0 Å². The smallest absolute Gasteiger partial charge is 0.237 e. The highest BCUT2D eigenvalue weighted by Gasteiger charge is 2.36. The first-order valence-electron chi connectivity index (χ1n) is 4.60. The van der Waals surface area contributed by atoms with Crippen LogP contribution in [0.2, 0.25) is 0 Å². The summed E-state index contributed by atoms with van der Waals surface area (Å²) in [6, 6.07) is 0. The van der Waals surface area contributed by atoms with E-state index in [0.29, 0.717) is 6.54 Å². The second-order valence-electron chi connectivity index (χ2n) is 3.41. The van der Waals surface area contributed by atoms with Crippen LogP contribution in [0, 0.1) is 12.3 Å². The number of carbonyl (C=O) groups excluding carboxylic acids is 1. The maximum atomic E-state index is 11.6. The number of rotatable bonds is 2. The Balaban J connectivity index is 2.47. The molecule has 0 aromatic heterocycles. The molecular weight excluding hydrogens is 230 g/mol. The number of halogens is 1. The van der Waals surface area contributed by atoms with Crippen molar-refractivity contribution in [1.29, 1.82) is 0 Å². The van der Waals surface area contributed by atoms with Crippen LogP contribution in [-0.2, 0) is 4.79 Å². The lowest BCUT2D eigenvalue weighted by atomic mass is 9.88. The molecule has 0 aromatic carbocycles. The zero-order chi connectivity index (χ0) is 9.73. The molecule has 0 aromatic rings. The Kier molecular flexibility index (Phi) is 3.80. The van der Waals surface area contributed by atoms with E-state index >= 15 is 0 Å². The number of nitrogens with one attached hydrogen (secondary N) is 1. The molecule has 1 N–H and O–H groups in total. The van der Waals surface area contributed by atoms with E-state index in [1.807, 2.05) is 0 Å². The van der Waals surface area contributed by atoms with Crippen LogP contribution in [0.3, 0.4) is 0 Å². The summed E-state index contributed by atoms with van der Waals surface area (Å²) in [5.41, 5.74) is 0. The van der Waals surface area contributed by atoms with Gasteiger partial charge in [0.2, 0.25) is 5.91 Å². The van der Waals surface area contributed by atoms with E-state index < -0.39 is 0 Å². The van der Waals surface area contributed by atoms with Crippen LogP contribution in [0.5, 0.6) is 0 Å². The number of terminal acetylenes is 1. The summed E-state index contributed by atoms with van der Waals surface area (Å²) >= 11 is 3.51. The minimum atomic E-state index is -0.345. The van der Waals surface area contributed by atoms with E-state index in [4.69, 9.17) is 6.42 Å². The molecule has 0 radical (unpaired) electrons. The first-order valence-corrected chi connectivity index (χ1v) is 5.39. The van der Waals surface area contributed by atoms with E-state index in [-0.39, 0.29) is 10.2 Å². The van der Waals surface area contributed by atoms with Gasteiger partial charge in [-0.3, -0.25) is 4.79 Å². The van der Waals surface area contributed by atoms with Crippen molar-refractivity contribution in [2.75, 3.05) is 6.54 Å². The Hall–Kier alpha value is -0.490. The highest BCUT2D eigenvalue weighted by atomic mass is 79.9. The van der Waals surface area contributed by atoms with Crippen molar-refractivity contribution in [1.82, 2.24) is 5.32 Å². The van der Waals surface area contributed by atoms with E-state index in [9.17, 15) is 4.79 Å². The van der Waals surface area contributed by atoms with Crippen molar-refractivity contribution in [2.24, 2.45) is 0 Å². The van der Waals surface area contributed by atoms with Gasteiger partial charge in [-0.05, 0) is 12.8 Å². The zero-order valence-electron chi connectivity index (χ0n) is 7.61. The normalized spacial score (nSPS) is 20.3. The van der Waals surface area contributed by atoms with Gasteiger partial charge in [0.25, 0.3) is 0 Å². The maximum absolute atomic E-state index is 11.6. The van der Waals surface area contributed by atoms with Gasteiger partial charge in [0, 0.05) is 0 Å². The van der Waals surface area contributed by atoms with E-state index in [0.717, 1.165) is 25.7 Å². The summed E-state index contributed by atoms with van der Waals surface area (Å²) in [4.78, 5) is 11.6. The van der Waals surface area contributed by atoms with Gasteiger partial charge in [-0.1, -0.05) is 41.1 Å². The van der Waals surface area contributed by atoms with Crippen LogP contribution in [-0.4, -0.2) is 16.8 Å². The first kappa shape index (κ1) is 10.6. The fourth-order valence-corrected chi connectivity index (χ4v) is 2.33. The molecule has 1 amide bonds. The topological polar surface area (TPSA) is 29.1 Å². The lowest BCUT2D eigenvalue weighted by molar-refractivity contribution is -0.123. The van der Waals surface area contributed by atoms with Gasteiger partial charge >= 0.3 is 0 Å². The summed E-state index contributed by atoms with van der Waals surface area (Å²) in [5.74, 6) is 2.45. The van der Waals surface area contributed by atoms with Gasteiger partial charge in [0.1, 0.15) is 4.32 Å². The van der Waals surface area contributed by atoms with Crippen LogP contribution in [0.25, 0.3) is 0 Å². The van der Waals surface area contributed by atoms with Crippen molar-refractivity contribution in [3.05, 3.63) is 0 Å². The Morgan fingerprint density at radius 3 is 2.62 bits per heavy atom. The molecule has 72 valence electrons. The van der Waals surface area contributed by atoms with Crippen molar-refractivity contribution in [3.8, 4) is 12.3 Å². The fourth-order valence-electron chi connectivity index (χ4n) is 1.63. The monoisotopic (exact) mass is 243 g/mol. The van der Waals surface area contributed by atoms with Gasteiger partial charge in [-0.2, -0.15) is 0 Å². The molecule has 0 atom stereocenters. The van der Waals surface area contributed by atoms with Crippen molar-refractivity contribution in [3.63, 3.8) is 0 Å². The highest BCUT2D eigenvalue weighted by molar-refractivity contribution is 9.10. The van der Waals surface area contributed by atoms with Crippen molar-refractivity contribution in [2.45, 2.75) is 36.4 Å². The van der Waals surface area contributed by atoms with Gasteiger partial charge < -0.3 is 5.32 Å². The number of carbonyl (C=O) groups is 1. The average Bonchev–Trinajstić information content (AvgIpc) is 2.15. The molecule has 1 saturated carbocycles. The van der Waals surface area contributed by atoms with Crippen LogP contribution in [0.4, 0.5) is 0 Å². The number of alkyl halides is 1. The average molecular weight is 244 g/mol. The maximum Gasteiger partial charge on any atom is 0.237 e. The number of hydrogen-bond donors (Lipinski definition) is 1. The van der Waals surface area contributed by atoms with E-state index in [1.54, 1.807) is 0 Å².